The van der Waals surface area contributed by atoms with E-state index in [1.807, 2.05) is 11.8 Å². The first-order chi connectivity index (χ1) is 7.54. The maximum absolute atomic E-state index is 6.09. The van der Waals surface area contributed by atoms with Crippen molar-refractivity contribution in [1.82, 2.24) is 4.90 Å². The maximum Gasteiger partial charge on any atom is 0.0334 e. The van der Waals surface area contributed by atoms with Crippen LogP contribution < -0.4 is 5.73 Å². The van der Waals surface area contributed by atoms with Crippen LogP contribution in [0.5, 0.6) is 0 Å². The molecule has 2 N–H and O–H groups in total. The fourth-order valence-electron chi connectivity index (χ4n) is 3.33. The van der Waals surface area contributed by atoms with Gasteiger partial charge < -0.3 is 5.73 Å². The lowest BCUT2D eigenvalue weighted by molar-refractivity contribution is 0.0435. The average Bonchev–Trinajstić information content (AvgIpc) is 2.24. The molecule has 0 aromatic heterocycles. The van der Waals surface area contributed by atoms with Crippen LogP contribution in [-0.4, -0.2) is 42.6 Å². The van der Waals surface area contributed by atoms with Gasteiger partial charge in [0.15, 0.2) is 0 Å². The molecule has 0 aromatic carbocycles. The highest BCUT2D eigenvalue weighted by molar-refractivity contribution is 7.98. The van der Waals surface area contributed by atoms with Crippen molar-refractivity contribution in [3.8, 4) is 0 Å². The second-order valence-corrected chi connectivity index (χ2v) is 6.68. The van der Waals surface area contributed by atoms with Gasteiger partial charge in [-0.2, -0.15) is 11.8 Å². The molecule has 16 heavy (non-hydrogen) atoms. The van der Waals surface area contributed by atoms with E-state index < -0.39 is 0 Å². The smallest absolute Gasteiger partial charge is 0.0334 e. The van der Waals surface area contributed by atoms with Crippen molar-refractivity contribution in [2.45, 2.75) is 38.6 Å². The van der Waals surface area contributed by atoms with E-state index in [1.54, 1.807) is 0 Å². The molecular weight excluding hydrogens is 216 g/mol. The van der Waals surface area contributed by atoms with Gasteiger partial charge in [-0.3, -0.25) is 4.90 Å². The van der Waals surface area contributed by atoms with Gasteiger partial charge in [-0.25, -0.2) is 0 Å². The minimum Gasteiger partial charge on any atom is -0.329 e. The minimum absolute atomic E-state index is 0.271. The van der Waals surface area contributed by atoms with Gasteiger partial charge in [-0.1, -0.05) is 13.8 Å². The third kappa shape index (κ3) is 3.38. The molecule has 96 valence electrons. The molecule has 1 rings (SSSR count). The third-order valence-electron chi connectivity index (χ3n) is 4.08. The Morgan fingerprint density at radius 3 is 2.31 bits per heavy atom. The summed E-state index contributed by atoms with van der Waals surface area (Å²) in [5.74, 6) is 2.86. The van der Waals surface area contributed by atoms with E-state index >= 15 is 0 Å². The summed E-state index contributed by atoms with van der Waals surface area (Å²) in [5.41, 5.74) is 6.36. The first-order valence-electron chi connectivity index (χ1n) is 6.44. The highest BCUT2D eigenvalue weighted by atomic mass is 32.2. The van der Waals surface area contributed by atoms with Gasteiger partial charge in [-0.05, 0) is 44.4 Å². The molecule has 0 amide bonds. The summed E-state index contributed by atoms with van der Waals surface area (Å²) in [6.07, 6.45) is 6.10. The van der Waals surface area contributed by atoms with Crippen molar-refractivity contribution in [3.05, 3.63) is 0 Å². The zero-order valence-corrected chi connectivity index (χ0v) is 12.1. The van der Waals surface area contributed by atoms with Gasteiger partial charge in [0.05, 0.1) is 0 Å². The zero-order valence-electron chi connectivity index (χ0n) is 11.3. The lowest BCUT2D eigenvalue weighted by Gasteiger charge is -2.48. The van der Waals surface area contributed by atoms with Gasteiger partial charge in [0.1, 0.15) is 0 Å². The van der Waals surface area contributed by atoms with E-state index in [0.29, 0.717) is 0 Å². The molecule has 1 fully saturated rings. The molecular formula is C13H28N2S. The summed E-state index contributed by atoms with van der Waals surface area (Å²) < 4.78 is 0. The number of thioether (sulfide) groups is 1. The fraction of sp³-hybridized carbons (Fsp3) is 1.00. The predicted molar refractivity (Wildman–Crippen MR) is 75.0 cm³/mol. The van der Waals surface area contributed by atoms with Crippen LogP contribution in [0.2, 0.25) is 0 Å². The number of nitrogens with two attached hydrogens (primary N) is 1. The van der Waals surface area contributed by atoms with E-state index in [-0.39, 0.29) is 5.54 Å². The first kappa shape index (κ1) is 14.3. The Hall–Kier alpha value is 0.270. The highest BCUT2D eigenvalue weighted by Crippen LogP contribution is 2.38. The Kier molecular flexibility index (Phi) is 5.62. The molecule has 0 bridgehead atoms. The van der Waals surface area contributed by atoms with Gasteiger partial charge in [0.25, 0.3) is 0 Å². The van der Waals surface area contributed by atoms with Crippen molar-refractivity contribution < 1.29 is 0 Å². The highest BCUT2D eigenvalue weighted by Gasteiger charge is 2.39. The first-order valence-corrected chi connectivity index (χ1v) is 7.83. The van der Waals surface area contributed by atoms with Crippen molar-refractivity contribution in [2.24, 2.45) is 17.6 Å². The second kappa shape index (κ2) is 6.27. The molecule has 2 unspecified atom stereocenters. The quantitative estimate of drug-likeness (QED) is 0.805. The summed E-state index contributed by atoms with van der Waals surface area (Å²) in [5, 5.41) is 0. The summed E-state index contributed by atoms with van der Waals surface area (Å²) >= 11 is 1.92. The Bertz CT molecular complexity index is 198. The molecule has 1 aliphatic rings. The van der Waals surface area contributed by atoms with Crippen LogP contribution in [0.25, 0.3) is 0 Å². The second-order valence-electron chi connectivity index (χ2n) is 5.70. The Balaban J connectivity index is 2.67. The van der Waals surface area contributed by atoms with Gasteiger partial charge >= 0.3 is 0 Å². The third-order valence-corrected chi connectivity index (χ3v) is 4.67. The SMILES string of the molecule is CSCCN(C)C1(CN)CC(C)CC(C)C1. The van der Waals surface area contributed by atoms with Crippen LogP contribution >= 0.6 is 11.8 Å². The van der Waals surface area contributed by atoms with E-state index in [0.717, 1.165) is 24.9 Å². The number of hydrogen-bond acceptors (Lipinski definition) is 3. The van der Waals surface area contributed by atoms with Crippen molar-refractivity contribution >= 4 is 11.8 Å². The molecule has 0 heterocycles. The maximum atomic E-state index is 6.09. The molecule has 2 nitrogen and oxygen atoms in total. The van der Waals surface area contributed by atoms with Crippen molar-refractivity contribution in [2.75, 3.05) is 32.1 Å². The average molecular weight is 244 g/mol. The molecule has 0 aromatic rings. The Labute approximate surface area is 105 Å². The monoisotopic (exact) mass is 244 g/mol. The Morgan fingerprint density at radius 1 is 1.31 bits per heavy atom. The van der Waals surface area contributed by atoms with E-state index in [1.165, 1.54) is 25.0 Å². The molecule has 0 spiro atoms. The largest absolute Gasteiger partial charge is 0.329 e. The lowest BCUT2D eigenvalue weighted by atomic mass is 9.71. The molecule has 1 aliphatic carbocycles. The number of likely N-dealkylation sites (N-methyl/N-ethyl adjacent to an activating group) is 1. The van der Waals surface area contributed by atoms with Crippen molar-refractivity contribution in [3.63, 3.8) is 0 Å². The zero-order chi connectivity index (χ0) is 12.2. The van der Waals surface area contributed by atoms with Gasteiger partial charge in [0, 0.05) is 24.4 Å². The summed E-state index contributed by atoms with van der Waals surface area (Å²) in [4.78, 5) is 2.52. The van der Waals surface area contributed by atoms with Crippen LogP contribution in [0.15, 0.2) is 0 Å². The molecule has 3 heteroatoms. The minimum atomic E-state index is 0.271. The van der Waals surface area contributed by atoms with E-state index in [9.17, 15) is 0 Å². The number of rotatable bonds is 5. The number of hydrogen-bond donors (Lipinski definition) is 1. The molecule has 0 saturated heterocycles. The molecule has 0 radical (unpaired) electrons. The van der Waals surface area contributed by atoms with Crippen molar-refractivity contribution in [1.29, 1.82) is 0 Å². The van der Waals surface area contributed by atoms with Crippen LogP contribution in [0.4, 0.5) is 0 Å². The molecule has 1 saturated carbocycles. The Morgan fingerprint density at radius 2 is 1.88 bits per heavy atom. The van der Waals surface area contributed by atoms with Gasteiger partial charge in [-0.15, -0.1) is 0 Å². The predicted octanol–water partition coefficient (Wildman–Crippen LogP) is 2.43. The normalized spacial score (nSPS) is 35.6. The number of nitrogens with zero attached hydrogens (tertiary/aromatic N) is 1. The lowest BCUT2D eigenvalue weighted by Crippen LogP contribution is -2.56. The summed E-state index contributed by atoms with van der Waals surface area (Å²) in [6.45, 7) is 6.73. The van der Waals surface area contributed by atoms with Crippen LogP contribution in [-0.2, 0) is 0 Å². The van der Waals surface area contributed by atoms with E-state index in [2.05, 4.69) is 32.1 Å². The fourth-order valence-corrected chi connectivity index (χ4v) is 3.79. The standard InChI is InChI=1S/C13H28N2S/c1-11-7-12(2)9-13(8-11,10-14)15(3)5-6-16-4/h11-12H,5-10,14H2,1-4H3. The molecule has 2 atom stereocenters. The van der Waals surface area contributed by atoms with Crippen LogP contribution in [0, 0.1) is 11.8 Å². The van der Waals surface area contributed by atoms with Crippen LogP contribution in [0.3, 0.4) is 0 Å². The van der Waals surface area contributed by atoms with E-state index in [4.69, 9.17) is 5.73 Å². The summed E-state index contributed by atoms with van der Waals surface area (Å²) in [6, 6.07) is 0. The topological polar surface area (TPSA) is 29.3 Å². The molecule has 0 aliphatic heterocycles. The van der Waals surface area contributed by atoms with Crippen LogP contribution in [0.1, 0.15) is 33.1 Å². The summed E-state index contributed by atoms with van der Waals surface area (Å²) in [7, 11) is 2.26. The van der Waals surface area contributed by atoms with Gasteiger partial charge in [0.2, 0.25) is 0 Å².